The van der Waals surface area contributed by atoms with Gasteiger partial charge in [0.1, 0.15) is 5.82 Å². The zero-order valence-electron chi connectivity index (χ0n) is 12.2. The number of rotatable bonds is 4. The Labute approximate surface area is 129 Å². The first kappa shape index (κ1) is 14.6. The number of aryl methyl sites for hydroxylation is 1. The molecule has 1 atom stereocenters. The molecule has 4 heteroatoms. The molecular formula is C17H20ClFN2. The van der Waals surface area contributed by atoms with Crippen LogP contribution in [0.15, 0.2) is 30.6 Å². The summed E-state index contributed by atoms with van der Waals surface area (Å²) in [6.45, 7) is 3.73. The van der Waals surface area contributed by atoms with Gasteiger partial charge in [0.05, 0.1) is 0 Å². The van der Waals surface area contributed by atoms with Crippen molar-refractivity contribution in [3.05, 3.63) is 58.1 Å². The molecule has 0 bridgehead atoms. The van der Waals surface area contributed by atoms with E-state index in [0.29, 0.717) is 17.6 Å². The number of benzene rings is 1. The van der Waals surface area contributed by atoms with Crippen molar-refractivity contribution in [2.24, 2.45) is 0 Å². The molecule has 2 aromatic rings. The Morgan fingerprint density at radius 1 is 1.38 bits per heavy atom. The molecule has 0 spiro atoms. The van der Waals surface area contributed by atoms with E-state index in [1.807, 2.05) is 0 Å². The number of nitrogens with one attached hydrogen (secondary N) is 1. The average molecular weight is 307 g/mol. The highest BCUT2D eigenvalue weighted by molar-refractivity contribution is 6.31. The van der Waals surface area contributed by atoms with Crippen molar-refractivity contribution < 1.29 is 4.39 Å². The summed E-state index contributed by atoms with van der Waals surface area (Å²) in [5.41, 5.74) is 3.61. The molecule has 112 valence electrons. The summed E-state index contributed by atoms with van der Waals surface area (Å²) < 4.78 is 15.5. The highest BCUT2D eigenvalue weighted by atomic mass is 35.5. The summed E-state index contributed by atoms with van der Waals surface area (Å²) in [6.07, 6.45) is 7.89. The molecule has 1 unspecified atom stereocenters. The second-order valence-corrected chi connectivity index (χ2v) is 6.06. The van der Waals surface area contributed by atoms with E-state index in [-0.39, 0.29) is 5.82 Å². The van der Waals surface area contributed by atoms with E-state index in [1.54, 1.807) is 6.07 Å². The van der Waals surface area contributed by atoms with Gasteiger partial charge in [0.25, 0.3) is 0 Å². The van der Waals surface area contributed by atoms with E-state index in [9.17, 15) is 4.39 Å². The van der Waals surface area contributed by atoms with E-state index in [4.69, 9.17) is 11.6 Å². The quantitative estimate of drug-likeness (QED) is 0.890. The maximum absolute atomic E-state index is 13.4. The monoisotopic (exact) mass is 306 g/mol. The average Bonchev–Trinajstić information content (AvgIpc) is 2.87. The molecule has 0 aliphatic heterocycles. The van der Waals surface area contributed by atoms with Gasteiger partial charge in [-0.25, -0.2) is 4.39 Å². The molecule has 1 aromatic heterocycles. The fourth-order valence-electron chi connectivity index (χ4n) is 3.16. The molecule has 1 aliphatic carbocycles. The van der Waals surface area contributed by atoms with Gasteiger partial charge in [-0.2, -0.15) is 0 Å². The zero-order chi connectivity index (χ0) is 14.8. The summed E-state index contributed by atoms with van der Waals surface area (Å²) >= 11 is 6.16. The van der Waals surface area contributed by atoms with Gasteiger partial charge in [-0.15, -0.1) is 0 Å². The maximum atomic E-state index is 13.4. The van der Waals surface area contributed by atoms with Crippen LogP contribution in [0.3, 0.4) is 0 Å². The lowest BCUT2D eigenvalue weighted by Gasteiger charge is -2.22. The highest BCUT2D eigenvalue weighted by Crippen LogP contribution is 2.31. The molecule has 0 radical (unpaired) electrons. The fraction of sp³-hybridized carbons (Fsp3) is 0.412. The lowest BCUT2D eigenvalue weighted by Crippen LogP contribution is -2.23. The minimum Gasteiger partial charge on any atom is -0.349 e. The van der Waals surface area contributed by atoms with Crippen molar-refractivity contribution in [1.29, 1.82) is 0 Å². The molecule has 21 heavy (non-hydrogen) atoms. The Balaban J connectivity index is 1.86. The predicted molar refractivity (Wildman–Crippen MR) is 84.3 cm³/mol. The summed E-state index contributed by atoms with van der Waals surface area (Å²) in [4.78, 5) is 0. The predicted octanol–water partition coefficient (Wildman–Crippen LogP) is 4.32. The smallest absolute Gasteiger partial charge is 0.123 e. The lowest BCUT2D eigenvalue weighted by molar-refractivity contribution is 0.473. The first-order valence-corrected chi connectivity index (χ1v) is 7.91. The first-order valence-electron chi connectivity index (χ1n) is 7.53. The van der Waals surface area contributed by atoms with Crippen molar-refractivity contribution in [3.8, 4) is 0 Å². The van der Waals surface area contributed by atoms with Crippen LogP contribution >= 0.6 is 11.6 Å². The van der Waals surface area contributed by atoms with Gasteiger partial charge in [0, 0.05) is 30.0 Å². The minimum absolute atomic E-state index is 0.239. The van der Waals surface area contributed by atoms with Gasteiger partial charge < -0.3 is 9.88 Å². The van der Waals surface area contributed by atoms with Gasteiger partial charge in [-0.1, -0.05) is 18.5 Å². The van der Waals surface area contributed by atoms with Crippen molar-refractivity contribution >= 4 is 11.6 Å². The summed E-state index contributed by atoms with van der Waals surface area (Å²) in [5.74, 6) is -0.239. The van der Waals surface area contributed by atoms with E-state index >= 15 is 0 Å². The minimum atomic E-state index is -0.239. The van der Waals surface area contributed by atoms with Gasteiger partial charge in [-0.05, 0) is 60.7 Å². The van der Waals surface area contributed by atoms with E-state index in [1.165, 1.54) is 36.1 Å². The Bertz CT molecular complexity index is 636. The van der Waals surface area contributed by atoms with Crippen LogP contribution in [0.2, 0.25) is 5.02 Å². The zero-order valence-corrected chi connectivity index (χ0v) is 13.0. The Morgan fingerprint density at radius 3 is 3.05 bits per heavy atom. The molecule has 1 aromatic carbocycles. The molecule has 0 saturated heterocycles. The molecule has 1 N–H and O–H groups in total. The van der Waals surface area contributed by atoms with Crippen molar-refractivity contribution in [2.45, 2.75) is 38.8 Å². The summed E-state index contributed by atoms with van der Waals surface area (Å²) in [7, 11) is 0. The summed E-state index contributed by atoms with van der Waals surface area (Å²) in [5, 5.41) is 4.16. The van der Waals surface area contributed by atoms with Crippen LogP contribution in [0.1, 0.15) is 42.5 Å². The van der Waals surface area contributed by atoms with Crippen molar-refractivity contribution in [3.63, 3.8) is 0 Å². The molecule has 3 rings (SSSR count). The molecule has 0 fully saturated rings. The lowest BCUT2D eigenvalue weighted by atomic mass is 9.91. The van der Waals surface area contributed by atoms with Crippen molar-refractivity contribution in [1.82, 2.24) is 9.88 Å². The normalized spacial score (nSPS) is 17.8. The third kappa shape index (κ3) is 3.14. The van der Waals surface area contributed by atoms with E-state index < -0.39 is 0 Å². The topological polar surface area (TPSA) is 17.0 Å². The van der Waals surface area contributed by atoms with Gasteiger partial charge in [0.2, 0.25) is 0 Å². The molecule has 0 saturated carbocycles. The van der Waals surface area contributed by atoms with Crippen LogP contribution < -0.4 is 5.32 Å². The Morgan fingerprint density at radius 2 is 2.24 bits per heavy atom. The van der Waals surface area contributed by atoms with Gasteiger partial charge in [-0.3, -0.25) is 0 Å². The number of hydrogen-bond acceptors (Lipinski definition) is 1. The number of nitrogens with zero attached hydrogens (tertiary/aromatic N) is 1. The van der Waals surface area contributed by atoms with E-state index in [0.717, 1.165) is 18.5 Å². The third-order valence-electron chi connectivity index (χ3n) is 4.12. The molecule has 0 amide bonds. The summed E-state index contributed by atoms with van der Waals surface area (Å²) in [6, 6.07) is 4.98. The Hall–Kier alpha value is -1.32. The molecule has 1 heterocycles. The van der Waals surface area contributed by atoms with Gasteiger partial charge in [0.15, 0.2) is 0 Å². The number of hydrogen-bond donors (Lipinski definition) is 1. The van der Waals surface area contributed by atoms with Gasteiger partial charge >= 0.3 is 0 Å². The second kappa shape index (κ2) is 6.20. The van der Waals surface area contributed by atoms with E-state index in [2.05, 4.69) is 29.2 Å². The first-order chi connectivity index (χ1) is 10.2. The Kier molecular flexibility index (Phi) is 4.32. The van der Waals surface area contributed by atoms with Crippen LogP contribution in [-0.4, -0.2) is 11.1 Å². The molecular weight excluding hydrogens is 287 g/mol. The van der Waals surface area contributed by atoms with Crippen LogP contribution in [-0.2, 0) is 13.0 Å². The SMILES string of the molecule is CCNC1CCCc2cn(Cc3cc(F)ccc3Cl)cc21. The highest BCUT2D eigenvalue weighted by Gasteiger charge is 2.21. The molecule has 2 nitrogen and oxygen atoms in total. The largest absolute Gasteiger partial charge is 0.349 e. The van der Waals surface area contributed by atoms with Crippen LogP contribution in [0.4, 0.5) is 4.39 Å². The third-order valence-corrected chi connectivity index (χ3v) is 4.49. The molecule has 1 aliphatic rings. The van der Waals surface area contributed by atoms with Crippen LogP contribution in [0.5, 0.6) is 0 Å². The fourth-order valence-corrected chi connectivity index (χ4v) is 3.34. The number of halogens is 2. The second-order valence-electron chi connectivity index (χ2n) is 5.65. The number of fused-ring (bicyclic) bond motifs is 1. The van der Waals surface area contributed by atoms with Crippen molar-refractivity contribution in [2.75, 3.05) is 6.54 Å². The standard InChI is InChI=1S/C17H20ClFN2/c1-2-20-17-5-3-4-12-9-21(11-15(12)17)10-13-8-14(19)6-7-16(13)18/h6-9,11,17,20H,2-5,10H2,1H3. The number of aromatic nitrogens is 1. The van der Waals surface area contributed by atoms with Crippen LogP contribution in [0, 0.1) is 5.82 Å². The van der Waals surface area contributed by atoms with Crippen LogP contribution in [0.25, 0.3) is 0 Å². The maximum Gasteiger partial charge on any atom is 0.123 e.